The van der Waals surface area contributed by atoms with E-state index in [0.717, 1.165) is 0 Å². The first-order chi connectivity index (χ1) is 11.6. The minimum atomic E-state index is -3.75. The molecule has 142 valence electrons. The lowest BCUT2D eigenvalue weighted by atomic mass is 9.96. The number of rotatable bonds is 6. The van der Waals surface area contributed by atoms with Crippen molar-refractivity contribution in [3.8, 4) is 0 Å². The molecule has 1 aliphatic rings. The number of nitrogens with two attached hydrogens (primary N) is 1. The maximum absolute atomic E-state index is 12.9. The summed E-state index contributed by atoms with van der Waals surface area (Å²) >= 11 is 0. The summed E-state index contributed by atoms with van der Waals surface area (Å²) < 4.78 is 53.8. The highest BCUT2D eigenvalue weighted by molar-refractivity contribution is 7.90. The van der Waals surface area contributed by atoms with E-state index >= 15 is 0 Å². The van der Waals surface area contributed by atoms with Crippen LogP contribution in [-0.4, -0.2) is 57.7 Å². The maximum atomic E-state index is 12.9. The van der Waals surface area contributed by atoms with Crippen LogP contribution in [0.5, 0.6) is 0 Å². The predicted molar refractivity (Wildman–Crippen MR) is 97.1 cm³/mol. The van der Waals surface area contributed by atoms with Crippen molar-refractivity contribution in [3.63, 3.8) is 0 Å². The lowest BCUT2D eigenvalue weighted by Crippen LogP contribution is -2.48. The molecule has 9 heteroatoms. The Balaban J connectivity index is 2.38. The third-order valence-electron chi connectivity index (χ3n) is 4.72. The lowest BCUT2D eigenvalue weighted by Gasteiger charge is -2.34. The summed E-state index contributed by atoms with van der Waals surface area (Å²) in [6, 6.07) is 5.59. The van der Waals surface area contributed by atoms with Gasteiger partial charge in [-0.2, -0.15) is 8.61 Å². The molecule has 0 aliphatic carbocycles. The second kappa shape index (κ2) is 7.71. The van der Waals surface area contributed by atoms with Gasteiger partial charge < -0.3 is 5.73 Å². The van der Waals surface area contributed by atoms with Gasteiger partial charge in [0.15, 0.2) is 0 Å². The second-order valence-corrected chi connectivity index (χ2v) is 10.2. The van der Waals surface area contributed by atoms with E-state index in [-0.39, 0.29) is 21.8 Å². The highest BCUT2D eigenvalue weighted by Crippen LogP contribution is 2.25. The Hall–Kier alpha value is -1.00. The Bertz CT molecular complexity index is 804. The standard InChI is InChI=1S/C16H27N3O4S2/c1-4-18(5-2)24(20,21)14-7-6-8-15(11-14)25(22,23)19-10-9-16(17)13(3)12-19/h6-8,11,13,16H,4-5,9-10,12,17H2,1-3H3. The predicted octanol–water partition coefficient (Wildman–Crippen LogP) is 1.07. The monoisotopic (exact) mass is 389 g/mol. The zero-order valence-electron chi connectivity index (χ0n) is 14.9. The van der Waals surface area contributed by atoms with Crippen LogP contribution < -0.4 is 5.73 Å². The zero-order valence-corrected chi connectivity index (χ0v) is 16.6. The molecule has 1 saturated heterocycles. The van der Waals surface area contributed by atoms with Gasteiger partial charge in [-0.1, -0.05) is 26.8 Å². The summed E-state index contributed by atoms with van der Waals surface area (Å²) in [4.78, 5) is 0.00226. The van der Waals surface area contributed by atoms with Gasteiger partial charge in [-0.15, -0.1) is 0 Å². The van der Waals surface area contributed by atoms with Crippen molar-refractivity contribution in [2.45, 2.75) is 43.0 Å². The number of hydrogen-bond donors (Lipinski definition) is 1. The van der Waals surface area contributed by atoms with Crippen LogP contribution in [0.3, 0.4) is 0 Å². The van der Waals surface area contributed by atoms with Crippen molar-refractivity contribution in [3.05, 3.63) is 24.3 Å². The molecule has 0 spiro atoms. The van der Waals surface area contributed by atoms with Gasteiger partial charge in [0.25, 0.3) is 0 Å². The number of benzene rings is 1. The molecule has 0 aromatic heterocycles. The molecular formula is C16H27N3O4S2. The van der Waals surface area contributed by atoms with E-state index in [0.29, 0.717) is 32.6 Å². The smallest absolute Gasteiger partial charge is 0.243 e. The molecule has 1 aromatic carbocycles. The van der Waals surface area contributed by atoms with Crippen LogP contribution in [-0.2, 0) is 20.0 Å². The van der Waals surface area contributed by atoms with Crippen molar-refractivity contribution in [1.82, 2.24) is 8.61 Å². The van der Waals surface area contributed by atoms with Crippen molar-refractivity contribution in [1.29, 1.82) is 0 Å². The molecule has 2 rings (SSSR count). The summed E-state index contributed by atoms with van der Waals surface area (Å²) in [5.41, 5.74) is 5.96. The van der Waals surface area contributed by atoms with Gasteiger partial charge in [0.2, 0.25) is 20.0 Å². The summed E-state index contributed by atoms with van der Waals surface area (Å²) in [6.45, 7) is 6.78. The average molecular weight is 390 g/mol. The topological polar surface area (TPSA) is 101 Å². The molecule has 1 fully saturated rings. The fourth-order valence-corrected chi connectivity index (χ4v) is 6.18. The van der Waals surface area contributed by atoms with E-state index < -0.39 is 20.0 Å². The first-order valence-corrected chi connectivity index (χ1v) is 11.4. The third kappa shape index (κ3) is 4.06. The molecule has 1 aliphatic heterocycles. The van der Waals surface area contributed by atoms with Gasteiger partial charge in [0.1, 0.15) is 0 Å². The molecule has 0 bridgehead atoms. The van der Waals surface area contributed by atoms with Crippen LogP contribution in [0.25, 0.3) is 0 Å². The van der Waals surface area contributed by atoms with Gasteiger partial charge >= 0.3 is 0 Å². The van der Waals surface area contributed by atoms with Crippen LogP contribution in [0.1, 0.15) is 27.2 Å². The average Bonchev–Trinajstić information content (AvgIpc) is 2.58. The molecule has 2 N–H and O–H groups in total. The van der Waals surface area contributed by atoms with E-state index in [2.05, 4.69) is 0 Å². The van der Waals surface area contributed by atoms with E-state index in [4.69, 9.17) is 5.73 Å². The normalized spacial score (nSPS) is 23.1. The minimum absolute atomic E-state index is 0.000894. The second-order valence-electron chi connectivity index (χ2n) is 6.36. The fourth-order valence-electron chi connectivity index (χ4n) is 3.00. The molecule has 1 heterocycles. The largest absolute Gasteiger partial charge is 0.327 e. The molecule has 0 amide bonds. The Morgan fingerprint density at radius 2 is 1.76 bits per heavy atom. The quantitative estimate of drug-likeness (QED) is 0.784. The highest BCUT2D eigenvalue weighted by Gasteiger charge is 2.33. The van der Waals surface area contributed by atoms with Crippen molar-refractivity contribution >= 4 is 20.0 Å². The van der Waals surface area contributed by atoms with Crippen LogP contribution >= 0.6 is 0 Å². The van der Waals surface area contributed by atoms with Crippen LogP contribution in [0.2, 0.25) is 0 Å². The minimum Gasteiger partial charge on any atom is -0.327 e. The Morgan fingerprint density at radius 1 is 1.16 bits per heavy atom. The number of sulfonamides is 2. The van der Waals surface area contributed by atoms with Crippen LogP contribution in [0.4, 0.5) is 0 Å². The zero-order chi connectivity index (χ0) is 18.8. The molecule has 7 nitrogen and oxygen atoms in total. The van der Waals surface area contributed by atoms with E-state index in [9.17, 15) is 16.8 Å². The Kier molecular flexibility index (Phi) is 6.26. The first-order valence-electron chi connectivity index (χ1n) is 8.50. The molecule has 25 heavy (non-hydrogen) atoms. The fraction of sp³-hybridized carbons (Fsp3) is 0.625. The number of piperidine rings is 1. The van der Waals surface area contributed by atoms with Crippen LogP contribution in [0.15, 0.2) is 34.1 Å². The van der Waals surface area contributed by atoms with Crippen LogP contribution in [0, 0.1) is 5.92 Å². The molecule has 0 saturated carbocycles. The summed E-state index contributed by atoms with van der Waals surface area (Å²) in [7, 11) is -7.45. The van der Waals surface area contributed by atoms with Crippen molar-refractivity contribution < 1.29 is 16.8 Å². The maximum Gasteiger partial charge on any atom is 0.243 e. The lowest BCUT2D eigenvalue weighted by molar-refractivity contribution is 0.250. The Labute approximate surface area is 150 Å². The first kappa shape index (κ1) is 20.3. The van der Waals surface area contributed by atoms with Crippen molar-refractivity contribution in [2.75, 3.05) is 26.2 Å². The van der Waals surface area contributed by atoms with Gasteiger partial charge in [0, 0.05) is 32.2 Å². The molecule has 0 radical (unpaired) electrons. The highest BCUT2D eigenvalue weighted by atomic mass is 32.2. The molecular weight excluding hydrogens is 362 g/mol. The summed E-state index contributed by atoms with van der Waals surface area (Å²) in [5, 5.41) is 0. The molecule has 1 aromatic rings. The summed E-state index contributed by atoms with van der Waals surface area (Å²) in [5.74, 6) is 0.0612. The van der Waals surface area contributed by atoms with E-state index in [1.54, 1.807) is 13.8 Å². The molecule has 2 unspecified atom stereocenters. The summed E-state index contributed by atoms with van der Waals surface area (Å²) in [6.07, 6.45) is 0.595. The third-order valence-corrected chi connectivity index (χ3v) is 8.63. The van der Waals surface area contributed by atoms with Gasteiger partial charge in [-0.3, -0.25) is 0 Å². The SMILES string of the molecule is CCN(CC)S(=O)(=O)c1cccc(S(=O)(=O)N2CCC(N)C(C)C2)c1. The van der Waals surface area contributed by atoms with E-state index in [1.165, 1.54) is 32.9 Å². The van der Waals surface area contributed by atoms with Gasteiger partial charge in [-0.05, 0) is 30.5 Å². The van der Waals surface area contributed by atoms with Crippen molar-refractivity contribution in [2.24, 2.45) is 11.7 Å². The van der Waals surface area contributed by atoms with Gasteiger partial charge in [0.05, 0.1) is 9.79 Å². The number of nitrogens with zero attached hydrogens (tertiary/aromatic N) is 2. The van der Waals surface area contributed by atoms with E-state index in [1.807, 2.05) is 6.92 Å². The van der Waals surface area contributed by atoms with Gasteiger partial charge in [-0.25, -0.2) is 16.8 Å². The Morgan fingerprint density at radius 3 is 2.32 bits per heavy atom. The number of hydrogen-bond acceptors (Lipinski definition) is 5. The molecule has 2 atom stereocenters.